The minimum Gasteiger partial charge on any atom is -0.383 e. The highest BCUT2D eigenvalue weighted by molar-refractivity contribution is 6.31. The minimum atomic E-state index is -0.523. The maximum Gasteiger partial charge on any atom is 0.332 e. The molecule has 0 amide bonds. The first-order valence-electron chi connectivity index (χ1n) is 8.60. The van der Waals surface area contributed by atoms with E-state index in [0.29, 0.717) is 12.6 Å². The van der Waals surface area contributed by atoms with Gasteiger partial charge < -0.3 is 10.1 Å². The normalized spacial score (nSPS) is 12.5. The van der Waals surface area contributed by atoms with E-state index >= 15 is 0 Å². The van der Waals surface area contributed by atoms with Gasteiger partial charge in [-0.2, -0.15) is 4.98 Å². The van der Waals surface area contributed by atoms with Crippen LogP contribution in [0.1, 0.15) is 12.5 Å². The number of ether oxygens (including phenoxy) is 1. The van der Waals surface area contributed by atoms with Gasteiger partial charge >= 0.3 is 5.69 Å². The summed E-state index contributed by atoms with van der Waals surface area (Å²) in [6.45, 7) is 2.23. The quantitative estimate of drug-likeness (QED) is 0.670. The van der Waals surface area contributed by atoms with E-state index in [9.17, 15) is 14.0 Å². The van der Waals surface area contributed by atoms with E-state index in [2.05, 4.69) is 10.3 Å². The molecule has 0 radical (unpaired) electrons. The van der Waals surface area contributed by atoms with Crippen LogP contribution in [-0.2, 0) is 25.4 Å². The highest BCUT2D eigenvalue weighted by Crippen LogP contribution is 2.24. The van der Waals surface area contributed by atoms with E-state index in [1.807, 2.05) is 6.92 Å². The van der Waals surface area contributed by atoms with Crippen LogP contribution in [0.25, 0.3) is 11.2 Å². The van der Waals surface area contributed by atoms with Crippen molar-refractivity contribution in [2.24, 2.45) is 14.1 Å². The Morgan fingerprint density at radius 1 is 1.29 bits per heavy atom. The molecule has 1 unspecified atom stereocenters. The Morgan fingerprint density at radius 3 is 2.64 bits per heavy atom. The summed E-state index contributed by atoms with van der Waals surface area (Å²) < 4.78 is 23.3. The minimum absolute atomic E-state index is 0.0303. The predicted octanol–water partition coefficient (Wildman–Crippen LogP) is 1.72. The summed E-state index contributed by atoms with van der Waals surface area (Å²) in [5.41, 5.74) is -0.418. The molecule has 150 valence electrons. The Bertz CT molecular complexity index is 1130. The monoisotopic (exact) mass is 409 g/mol. The lowest BCUT2D eigenvalue weighted by molar-refractivity contribution is 0.190. The second-order valence-corrected chi connectivity index (χ2v) is 7.01. The van der Waals surface area contributed by atoms with Gasteiger partial charge in [0.05, 0.1) is 13.2 Å². The van der Waals surface area contributed by atoms with Crippen LogP contribution in [0.3, 0.4) is 0 Å². The molecule has 0 bridgehead atoms. The molecule has 10 heteroatoms. The molecule has 1 N–H and O–H groups in total. The van der Waals surface area contributed by atoms with Crippen molar-refractivity contribution in [2.45, 2.75) is 19.5 Å². The Kier molecular flexibility index (Phi) is 5.57. The molecule has 3 aromatic rings. The third kappa shape index (κ3) is 3.43. The van der Waals surface area contributed by atoms with Gasteiger partial charge in [-0.1, -0.05) is 17.7 Å². The molecule has 0 saturated heterocycles. The molecule has 2 heterocycles. The van der Waals surface area contributed by atoms with E-state index in [-0.39, 0.29) is 34.3 Å². The number of hydrogen-bond donors (Lipinski definition) is 1. The van der Waals surface area contributed by atoms with E-state index in [0.717, 1.165) is 4.57 Å². The van der Waals surface area contributed by atoms with Gasteiger partial charge in [-0.15, -0.1) is 0 Å². The first-order chi connectivity index (χ1) is 13.3. The molecule has 3 rings (SSSR count). The summed E-state index contributed by atoms with van der Waals surface area (Å²) in [6, 6.07) is 4.25. The largest absolute Gasteiger partial charge is 0.383 e. The lowest BCUT2D eigenvalue weighted by Gasteiger charge is -2.16. The summed E-state index contributed by atoms with van der Waals surface area (Å²) in [4.78, 5) is 29.5. The average molecular weight is 410 g/mol. The van der Waals surface area contributed by atoms with Gasteiger partial charge in [-0.05, 0) is 19.1 Å². The fourth-order valence-corrected chi connectivity index (χ4v) is 3.29. The Labute approximate surface area is 165 Å². The molecular formula is C18H21ClFN5O3. The van der Waals surface area contributed by atoms with Crippen LogP contribution in [-0.4, -0.2) is 38.4 Å². The van der Waals surface area contributed by atoms with Crippen LogP contribution < -0.4 is 16.6 Å². The van der Waals surface area contributed by atoms with Crippen molar-refractivity contribution in [3.05, 3.63) is 55.4 Å². The van der Waals surface area contributed by atoms with Crippen molar-refractivity contribution >= 4 is 28.7 Å². The van der Waals surface area contributed by atoms with Crippen molar-refractivity contribution in [1.82, 2.24) is 18.7 Å². The fourth-order valence-electron chi connectivity index (χ4n) is 3.06. The first-order valence-corrected chi connectivity index (χ1v) is 8.98. The molecule has 28 heavy (non-hydrogen) atoms. The van der Waals surface area contributed by atoms with Crippen LogP contribution in [0.15, 0.2) is 27.8 Å². The Hall–Kier alpha value is -2.65. The van der Waals surface area contributed by atoms with Gasteiger partial charge in [0, 0.05) is 37.8 Å². The molecule has 0 aliphatic rings. The zero-order valence-corrected chi connectivity index (χ0v) is 16.7. The lowest BCUT2D eigenvalue weighted by Crippen LogP contribution is -2.37. The smallest absolute Gasteiger partial charge is 0.332 e. The van der Waals surface area contributed by atoms with Crippen molar-refractivity contribution < 1.29 is 9.13 Å². The van der Waals surface area contributed by atoms with Gasteiger partial charge in [0.2, 0.25) is 5.95 Å². The second-order valence-electron chi connectivity index (χ2n) is 6.60. The van der Waals surface area contributed by atoms with Crippen molar-refractivity contribution in [1.29, 1.82) is 0 Å². The Morgan fingerprint density at radius 2 is 2.00 bits per heavy atom. The molecular weight excluding hydrogens is 389 g/mol. The number of hydrogen-bond acceptors (Lipinski definition) is 5. The highest BCUT2D eigenvalue weighted by atomic mass is 35.5. The number of imidazole rings is 1. The number of methoxy groups -OCH3 is 1. The van der Waals surface area contributed by atoms with Gasteiger partial charge in [0.15, 0.2) is 11.2 Å². The number of halogens is 2. The summed E-state index contributed by atoms with van der Waals surface area (Å²) in [7, 11) is 4.48. The van der Waals surface area contributed by atoms with E-state index < -0.39 is 17.1 Å². The second kappa shape index (κ2) is 7.76. The number of aromatic nitrogens is 4. The van der Waals surface area contributed by atoms with E-state index in [1.165, 1.54) is 35.4 Å². The van der Waals surface area contributed by atoms with Gasteiger partial charge in [0.1, 0.15) is 5.82 Å². The van der Waals surface area contributed by atoms with E-state index in [4.69, 9.17) is 16.3 Å². The SMILES string of the molecule is COCC(C)Nc1nc2c(c(=O)n(C)c(=O)n2C)n1Cc1c(F)cccc1Cl. The number of fused-ring (bicyclic) bond motifs is 1. The van der Waals surface area contributed by atoms with Crippen LogP contribution in [0.4, 0.5) is 10.3 Å². The molecule has 0 aliphatic carbocycles. The Balaban J connectivity index is 2.28. The van der Waals surface area contributed by atoms with Crippen LogP contribution in [0, 0.1) is 5.82 Å². The van der Waals surface area contributed by atoms with Crippen LogP contribution in [0.5, 0.6) is 0 Å². The number of anilines is 1. The number of nitrogens with one attached hydrogen (secondary N) is 1. The third-order valence-corrected chi connectivity index (χ3v) is 4.87. The standard InChI is InChI=1S/C18H21ClFN5O3/c1-10(9-28-4)21-17-22-15-14(16(26)24(3)18(27)23(15)2)25(17)8-11-12(19)6-5-7-13(11)20/h5-7,10H,8-9H2,1-4H3,(H,21,22). The maximum atomic E-state index is 14.4. The summed E-state index contributed by atoms with van der Waals surface area (Å²) in [5.74, 6) is -0.177. The maximum absolute atomic E-state index is 14.4. The third-order valence-electron chi connectivity index (χ3n) is 4.52. The molecule has 0 saturated carbocycles. The molecule has 0 spiro atoms. The summed E-state index contributed by atoms with van der Waals surface area (Å²) in [5, 5.41) is 3.39. The highest BCUT2D eigenvalue weighted by Gasteiger charge is 2.21. The number of nitrogens with zero attached hydrogens (tertiary/aromatic N) is 4. The average Bonchev–Trinajstić information content (AvgIpc) is 2.99. The molecule has 2 aromatic heterocycles. The van der Waals surface area contributed by atoms with Gasteiger partial charge in [0.25, 0.3) is 5.56 Å². The summed E-state index contributed by atoms with van der Waals surface area (Å²) >= 11 is 6.18. The zero-order valence-electron chi connectivity index (χ0n) is 16.0. The molecule has 0 fully saturated rings. The van der Waals surface area contributed by atoms with Crippen LogP contribution >= 0.6 is 11.6 Å². The zero-order chi connectivity index (χ0) is 20.6. The van der Waals surface area contributed by atoms with Crippen molar-refractivity contribution in [3.63, 3.8) is 0 Å². The first kappa shape index (κ1) is 20.1. The van der Waals surface area contributed by atoms with Crippen molar-refractivity contribution in [2.75, 3.05) is 19.0 Å². The van der Waals surface area contributed by atoms with Gasteiger partial charge in [-0.25, -0.2) is 9.18 Å². The van der Waals surface area contributed by atoms with Crippen molar-refractivity contribution in [3.8, 4) is 0 Å². The topological polar surface area (TPSA) is 83.1 Å². The number of aryl methyl sites for hydroxylation is 1. The van der Waals surface area contributed by atoms with Crippen LogP contribution in [0.2, 0.25) is 5.02 Å². The molecule has 1 atom stereocenters. The fraction of sp³-hybridized carbons (Fsp3) is 0.389. The number of benzene rings is 1. The number of rotatable bonds is 6. The molecule has 0 aliphatic heterocycles. The summed E-state index contributed by atoms with van der Waals surface area (Å²) in [6.07, 6.45) is 0. The predicted molar refractivity (Wildman–Crippen MR) is 106 cm³/mol. The lowest BCUT2D eigenvalue weighted by atomic mass is 10.2. The van der Waals surface area contributed by atoms with E-state index in [1.54, 1.807) is 13.2 Å². The van der Waals surface area contributed by atoms with Gasteiger partial charge in [-0.3, -0.25) is 18.5 Å². The molecule has 1 aromatic carbocycles. The molecule has 8 nitrogen and oxygen atoms in total.